The molecule has 6 nitrogen and oxygen atoms in total. The van der Waals surface area contributed by atoms with Gasteiger partial charge in [0.15, 0.2) is 0 Å². The third-order valence-electron chi connectivity index (χ3n) is 5.02. The molecule has 3 rings (SSSR count). The number of hydrogen-bond donors (Lipinski definition) is 1. The van der Waals surface area contributed by atoms with Gasteiger partial charge >= 0.3 is 0 Å². The lowest BCUT2D eigenvalue weighted by atomic mass is 10.2. The summed E-state index contributed by atoms with van der Waals surface area (Å²) >= 11 is 0. The van der Waals surface area contributed by atoms with E-state index < -0.39 is 0 Å². The number of amides is 1. The van der Waals surface area contributed by atoms with Crippen molar-refractivity contribution in [2.75, 3.05) is 13.1 Å². The molecular formula is C20H23N5O. The van der Waals surface area contributed by atoms with Crippen LogP contribution in [0.25, 0.3) is 10.9 Å². The van der Waals surface area contributed by atoms with Crippen molar-refractivity contribution < 1.29 is 4.79 Å². The van der Waals surface area contributed by atoms with Crippen LogP contribution in [0, 0.1) is 29.6 Å². The average molecular weight is 349 g/mol. The molecule has 2 atom stereocenters. The zero-order valence-electron chi connectivity index (χ0n) is 15.2. The lowest BCUT2D eigenvalue weighted by Crippen LogP contribution is -2.43. The number of hydrogen-bond acceptors (Lipinski definition) is 4. The molecule has 1 saturated heterocycles. The van der Waals surface area contributed by atoms with Gasteiger partial charge in [0.05, 0.1) is 24.2 Å². The second kappa shape index (κ2) is 7.59. The second-order valence-corrected chi connectivity index (χ2v) is 6.94. The zero-order chi connectivity index (χ0) is 18.7. The largest absolute Gasteiger partial charge is 0.343 e. The molecule has 1 aromatic carbocycles. The number of aryl methyl sites for hydroxylation is 1. The number of benzene rings is 1. The van der Waals surface area contributed by atoms with Crippen molar-refractivity contribution in [2.24, 2.45) is 0 Å². The van der Waals surface area contributed by atoms with Crippen LogP contribution in [0.3, 0.4) is 0 Å². The van der Waals surface area contributed by atoms with Crippen LogP contribution >= 0.6 is 0 Å². The number of nitriles is 2. The van der Waals surface area contributed by atoms with Gasteiger partial charge in [-0.25, -0.2) is 0 Å². The normalized spacial score (nSPS) is 17.8. The molecule has 1 N–H and O–H groups in total. The molecule has 2 aromatic rings. The molecule has 0 unspecified atom stereocenters. The number of carbonyl (C=O) groups excluding carboxylic acids is 1. The van der Waals surface area contributed by atoms with Crippen LogP contribution in [0.5, 0.6) is 0 Å². The van der Waals surface area contributed by atoms with E-state index in [0.29, 0.717) is 12.1 Å². The van der Waals surface area contributed by atoms with Crippen LogP contribution < -0.4 is 5.32 Å². The number of carbonyl (C=O) groups is 1. The summed E-state index contributed by atoms with van der Waals surface area (Å²) in [7, 11) is 0. The first-order valence-electron chi connectivity index (χ1n) is 8.96. The molecule has 0 spiro atoms. The van der Waals surface area contributed by atoms with Gasteiger partial charge in [-0.15, -0.1) is 0 Å². The summed E-state index contributed by atoms with van der Waals surface area (Å²) in [6.07, 6.45) is 1.68. The molecule has 0 saturated carbocycles. The standard InChI is InChI=1S/C20H23N5O/c1-14(23-12-20(26)24-7-3-4-18(24)11-22)13-25-15(2)8-17-9-16(10-21)5-6-19(17)25/h5-6,8-9,14,18,23H,3-4,7,12-13H2,1-2H3/t14-,18-/m0/s1. The summed E-state index contributed by atoms with van der Waals surface area (Å²) in [5, 5.41) is 22.5. The van der Waals surface area contributed by atoms with Crippen molar-refractivity contribution in [1.82, 2.24) is 14.8 Å². The molecule has 1 amide bonds. The lowest BCUT2D eigenvalue weighted by Gasteiger charge is -2.22. The van der Waals surface area contributed by atoms with Gasteiger partial charge in [0, 0.05) is 35.7 Å². The molecule has 26 heavy (non-hydrogen) atoms. The maximum atomic E-state index is 12.3. The van der Waals surface area contributed by atoms with Crippen molar-refractivity contribution in [2.45, 2.75) is 45.3 Å². The molecule has 0 aliphatic carbocycles. The molecule has 1 aliphatic rings. The Hall–Kier alpha value is -2.83. The molecule has 134 valence electrons. The van der Waals surface area contributed by atoms with Crippen LogP contribution in [0.1, 0.15) is 31.0 Å². The van der Waals surface area contributed by atoms with Gasteiger partial charge in [0.25, 0.3) is 0 Å². The number of rotatable bonds is 5. The number of fused-ring (bicyclic) bond motifs is 1. The SMILES string of the molecule is Cc1cc2cc(C#N)ccc2n1C[C@H](C)NCC(=O)N1CCC[C@H]1C#N. The summed E-state index contributed by atoms with van der Waals surface area (Å²) < 4.78 is 2.20. The van der Waals surface area contributed by atoms with E-state index in [1.165, 1.54) is 0 Å². The Labute approximate surface area is 153 Å². The fourth-order valence-electron chi connectivity index (χ4n) is 3.62. The summed E-state index contributed by atoms with van der Waals surface area (Å²) in [6.45, 7) is 5.75. The molecule has 0 bridgehead atoms. The van der Waals surface area contributed by atoms with Gasteiger partial charge in [-0.05, 0) is 51.0 Å². The first kappa shape index (κ1) is 18.0. The van der Waals surface area contributed by atoms with E-state index in [9.17, 15) is 4.79 Å². The van der Waals surface area contributed by atoms with Crippen LogP contribution in [0.4, 0.5) is 0 Å². The van der Waals surface area contributed by atoms with Crippen molar-refractivity contribution in [3.8, 4) is 12.1 Å². The molecular weight excluding hydrogens is 326 g/mol. The Morgan fingerprint density at radius 2 is 2.19 bits per heavy atom. The van der Waals surface area contributed by atoms with Crippen LogP contribution in [0.2, 0.25) is 0 Å². The minimum atomic E-state index is -0.274. The monoisotopic (exact) mass is 349 g/mol. The first-order valence-corrected chi connectivity index (χ1v) is 8.96. The van der Waals surface area contributed by atoms with E-state index in [1.807, 2.05) is 32.0 Å². The minimum Gasteiger partial charge on any atom is -0.343 e. The van der Waals surface area contributed by atoms with Crippen LogP contribution in [-0.4, -0.2) is 40.5 Å². The Kier molecular flexibility index (Phi) is 5.25. The fraction of sp³-hybridized carbons (Fsp3) is 0.450. The smallest absolute Gasteiger partial charge is 0.237 e. The molecule has 1 fully saturated rings. The van der Waals surface area contributed by atoms with Gasteiger partial charge in [0.2, 0.25) is 5.91 Å². The highest BCUT2D eigenvalue weighted by Gasteiger charge is 2.28. The molecule has 2 heterocycles. The van der Waals surface area contributed by atoms with E-state index in [4.69, 9.17) is 10.5 Å². The summed E-state index contributed by atoms with van der Waals surface area (Å²) in [5.41, 5.74) is 2.87. The van der Waals surface area contributed by atoms with E-state index >= 15 is 0 Å². The van der Waals surface area contributed by atoms with Crippen molar-refractivity contribution in [3.63, 3.8) is 0 Å². The summed E-state index contributed by atoms with van der Waals surface area (Å²) in [6, 6.07) is 12.0. The minimum absolute atomic E-state index is 0.00588. The third-order valence-corrected chi connectivity index (χ3v) is 5.02. The van der Waals surface area contributed by atoms with E-state index in [0.717, 1.165) is 36.0 Å². The predicted octanol–water partition coefficient (Wildman–Crippen LogP) is 2.31. The average Bonchev–Trinajstić information content (AvgIpc) is 3.23. The van der Waals surface area contributed by atoms with Gasteiger partial charge in [-0.2, -0.15) is 10.5 Å². The molecule has 1 aromatic heterocycles. The fourth-order valence-corrected chi connectivity index (χ4v) is 3.62. The number of aromatic nitrogens is 1. The highest BCUT2D eigenvalue weighted by Crippen LogP contribution is 2.21. The van der Waals surface area contributed by atoms with E-state index in [1.54, 1.807) is 4.90 Å². The topological polar surface area (TPSA) is 84.8 Å². The van der Waals surface area contributed by atoms with Gasteiger partial charge in [-0.3, -0.25) is 4.79 Å². The van der Waals surface area contributed by atoms with Crippen LogP contribution in [0.15, 0.2) is 24.3 Å². The third kappa shape index (κ3) is 3.56. The molecule has 6 heteroatoms. The Morgan fingerprint density at radius 3 is 2.92 bits per heavy atom. The van der Waals surface area contributed by atoms with E-state index in [2.05, 4.69) is 28.1 Å². The number of nitrogens with one attached hydrogen (secondary N) is 1. The lowest BCUT2D eigenvalue weighted by molar-refractivity contribution is -0.130. The Bertz CT molecular complexity index is 901. The first-order chi connectivity index (χ1) is 12.5. The number of nitrogens with zero attached hydrogens (tertiary/aromatic N) is 4. The Balaban J connectivity index is 1.63. The van der Waals surface area contributed by atoms with Gasteiger partial charge in [0.1, 0.15) is 6.04 Å². The zero-order valence-corrected chi connectivity index (χ0v) is 15.2. The van der Waals surface area contributed by atoms with Crippen molar-refractivity contribution in [1.29, 1.82) is 10.5 Å². The van der Waals surface area contributed by atoms with Gasteiger partial charge < -0.3 is 14.8 Å². The number of likely N-dealkylation sites (tertiary alicyclic amines) is 1. The predicted molar refractivity (Wildman–Crippen MR) is 99.2 cm³/mol. The quantitative estimate of drug-likeness (QED) is 0.898. The summed E-state index contributed by atoms with van der Waals surface area (Å²) in [5.74, 6) is -0.00588. The van der Waals surface area contributed by atoms with Crippen molar-refractivity contribution in [3.05, 3.63) is 35.5 Å². The second-order valence-electron chi connectivity index (χ2n) is 6.94. The van der Waals surface area contributed by atoms with Crippen LogP contribution in [-0.2, 0) is 11.3 Å². The molecule has 0 radical (unpaired) electrons. The Morgan fingerprint density at radius 1 is 1.38 bits per heavy atom. The van der Waals surface area contributed by atoms with E-state index in [-0.39, 0.29) is 24.5 Å². The van der Waals surface area contributed by atoms with Crippen molar-refractivity contribution >= 4 is 16.8 Å². The maximum absolute atomic E-state index is 12.3. The highest BCUT2D eigenvalue weighted by atomic mass is 16.2. The van der Waals surface area contributed by atoms with Gasteiger partial charge in [-0.1, -0.05) is 0 Å². The highest BCUT2D eigenvalue weighted by molar-refractivity contribution is 5.83. The maximum Gasteiger partial charge on any atom is 0.237 e. The molecule has 1 aliphatic heterocycles. The summed E-state index contributed by atoms with van der Waals surface area (Å²) in [4.78, 5) is 14.0.